The summed E-state index contributed by atoms with van der Waals surface area (Å²) in [6.07, 6.45) is 0.882. The van der Waals surface area contributed by atoms with E-state index in [2.05, 4.69) is 54.8 Å². The lowest BCUT2D eigenvalue weighted by molar-refractivity contribution is 0.745. The van der Waals surface area contributed by atoms with Gasteiger partial charge in [-0.15, -0.1) is 0 Å². The fourth-order valence-electron chi connectivity index (χ4n) is 3.62. The van der Waals surface area contributed by atoms with Crippen molar-refractivity contribution >= 4 is 16.9 Å². The third kappa shape index (κ3) is 3.19. The van der Waals surface area contributed by atoms with E-state index in [1.54, 1.807) is 0 Å². The smallest absolute Gasteiger partial charge is 0.160 e. The summed E-state index contributed by atoms with van der Waals surface area (Å²) in [5.41, 5.74) is 14.5. The standard InChI is InChI=1S/C23H24N4/c1-4-21-26-22-15(2)13-16(3)25-23(22)27(21)14-17-9-11-18(12-10-17)19-7-5-6-8-20(19)24/h5-13H,4,14,24H2,1-3H3. The van der Waals surface area contributed by atoms with Crippen LogP contribution in [-0.4, -0.2) is 14.5 Å². The van der Waals surface area contributed by atoms with Crippen LogP contribution in [0.1, 0.15) is 29.6 Å². The lowest BCUT2D eigenvalue weighted by Crippen LogP contribution is -2.05. The monoisotopic (exact) mass is 356 g/mol. The molecule has 0 aliphatic carbocycles. The van der Waals surface area contributed by atoms with Crippen LogP contribution >= 0.6 is 0 Å². The van der Waals surface area contributed by atoms with Crippen LogP contribution in [0.25, 0.3) is 22.3 Å². The van der Waals surface area contributed by atoms with E-state index in [4.69, 9.17) is 15.7 Å². The molecule has 4 aromatic rings. The lowest BCUT2D eigenvalue weighted by atomic mass is 10.0. The fourth-order valence-corrected chi connectivity index (χ4v) is 3.62. The normalized spacial score (nSPS) is 11.2. The first kappa shape index (κ1) is 17.3. The second-order valence-corrected chi connectivity index (χ2v) is 7.00. The van der Waals surface area contributed by atoms with Crippen molar-refractivity contribution in [3.05, 3.63) is 77.2 Å². The number of para-hydroxylation sites is 1. The SMILES string of the molecule is CCc1nc2c(C)cc(C)nc2n1Cc1ccc(-c2ccccc2N)cc1. The molecule has 0 amide bonds. The molecule has 0 saturated carbocycles. The van der Waals surface area contributed by atoms with Gasteiger partial charge in [0.2, 0.25) is 0 Å². The summed E-state index contributed by atoms with van der Waals surface area (Å²) in [6, 6.07) is 18.7. The molecule has 0 atom stereocenters. The van der Waals surface area contributed by atoms with Gasteiger partial charge in [0.15, 0.2) is 5.65 Å². The van der Waals surface area contributed by atoms with E-state index in [1.807, 2.05) is 25.1 Å². The summed E-state index contributed by atoms with van der Waals surface area (Å²) < 4.78 is 2.24. The number of nitrogens with zero attached hydrogens (tertiary/aromatic N) is 3. The van der Waals surface area contributed by atoms with Crippen LogP contribution in [0.5, 0.6) is 0 Å². The van der Waals surface area contributed by atoms with E-state index in [1.165, 1.54) is 11.1 Å². The van der Waals surface area contributed by atoms with Crippen LogP contribution in [0.15, 0.2) is 54.6 Å². The van der Waals surface area contributed by atoms with E-state index < -0.39 is 0 Å². The van der Waals surface area contributed by atoms with E-state index in [0.717, 1.165) is 52.5 Å². The number of hydrogen-bond donors (Lipinski definition) is 1. The summed E-state index contributed by atoms with van der Waals surface area (Å²) in [7, 11) is 0. The van der Waals surface area contributed by atoms with Crippen LogP contribution in [0.2, 0.25) is 0 Å². The van der Waals surface area contributed by atoms with Crippen LogP contribution in [-0.2, 0) is 13.0 Å². The van der Waals surface area contributed by atoms with Crippen molar-refractivity contribution in [2.75, 3.05) is 5.73 Å². The van der Waals surface area contributed by atoms with Crippen molar-refractivity contribution in [3.63, 3.8) is 0 Å². The molecule has 27 heavy (non-hydrogen) atoms. The first-order valence-corrected chi connectivity index (χ1v) is 9.34. The number of benzene rings is 2. The molecule has 0 aliphatic heterocycles. The minimum absolute atomic E-state index is 0.764. The molecule has 0 fully saturated rings. The highest BCUT2D eigenvalue weighted by atomic mass is 15.1. The van der Waals surface area contributed by atoms with E-state index in [9.17, 15) is 0 Å². The molecular formula is C23H24N4. The predicted molar refractivity (Wildman–Crippen MR) is 112 cm³/mol. The van der Waals surface area contributed by atoms with Gasteiger partial charge in [-0.1, -0.05) is 49.4 Å². The van der Waals surface area contributed by atoms with Crippen LogP contribution in [0.4, 0.5) is 5.69 Å². The Kier molecular flexibility index (Phi) is 4.40. The van der Waals surface area contributed by atoms with Crippen molar-refractivity contribution in [1.29, 1.82) is 0 Å². The Morgan fingerprint density at radius 3 is 2.41 bits per heavy atom. The number of pyridine rings is 1. The molecule has 2 heterocycles. The first-order chi connectivity index (χ1) is 13.1. The second kappa shape index (κ2) is 6.88. The Balaban J connectivity index is 1.71. The number of hydrogen-bond acceptors (Lipinski definition) is 3. The highest BCUT2D eigenvalue weighted by Gasteiger charge is 2.14. The number of anilines is 1. The van der Waals surface area contributed by atoms with Crippen molar-refractivity contribution in [2.45, 2.75) is 33.7 Å². The summed E-state index contributed by atoms with van der Waals surface area (Å²) >= 11 is 0. The Hall–Kier alpha value is -3.14. The Morgan fingerprint density at radius 2 is 1.70 bits per heavy atom. The maximum Gasteiger partial charge on any atom is 0.160 e. The lowest BCUT2D eigenvalue weighted by Gasteiger charge is -2.10. The minimum Gasteiger partial charge on any atom is -0.398 e. The van der Waals surface area contributed by atoms with Gasteiger partial charge in [-0.05, 0) is 42.7 Å². The number of rotatable bonds is 4. The van der Waals surface area contributed by atoms with E-state index in [-0.39, 0.29) is 0 Å². The van der Waals surface area contributed by atoms with Crippen molar-refractivity contribution in [3.8, 4) is 11.1 Å². The summed E-state index contributed by atoms with van der Waals surface area (Å²) in [4.78, 5) is 9.59. The van der Waals surface area contributed by atoms with Gasteiger partial charge in [0.25, 0.3) is 0 Å². The van der Waals surface area contributed by atoms with Gasteiger partial charge in [0.1, 0.15) is 11.3 Å². The number of fused-ring (bicyclic) bond motifs is 1. The van der Waals surface area contributed by atoms with Gasteiger partial charge in [-0.3, -0.25) is 0 Å². The number of nitrogen functional groups attached to an aromatic ring is 1. The van der Waals surface area contributed by atoms with Gasteiger partial charge in [-0.2, -0.15) is 0 Å². The van der Waals surface area contributed by atoms with Crippen molar-refractivity contribution in [1.82, 2.24) is 14.5 Å². The van der Waals surface area contributed by atoms with Crippen LogP contribution in [0, 0.1) is 13.8 Å². The third-order valence-corrected chi connectivity index (χ3v) is 4.98. The Labute approximate surface area is 159 Å². The summed E-state index contributed by atoms with van der Waals surface area (Å²) in [5, 5.41) is 0. The van der Waals surface area contributed by atoms with E-state index >= 15 is 0 Å². The third-order valence-electron chi connectivity index (χ3n) is 4.98. The Bertz CT molecular complexity index is 1110. The molecule has 0 bridgehead atoms. The van der Waals surface area contributed by atoms with Crippen molar-refractivity contribution < 1.29 is 0 Å². The molecule has 4 nitrogen and oxygen atoms in total. The number of imidazole rings is 1. The van der Waals surface area contributed by atoms with Gasteiger partial charge in [0.05, 0.1) is 6.54 Å². The first-order valence-electron chi connectivity index (χ1n) is 9.34. The molecule has 136 valence electrons. The number of aryl methyl sites for hydroxylation is 3. The molecule has 4 rings (SSSR count). The highest BCUT2D eigenvalue weighted by molar-refractivity contribution is 5.77. The van der Waals surface area contributed by atoms with Gasteiger partial charge < -0.3 is 10.3 Å². The molecule has 0 saturated heterocycles. The van der Waals surface area contributed by atoms with Crippen LogP contribution < -0.4 is 5.73 Å². The van der Waals surface area contributed by atoms with Gasteiger partial charge in [0, 0.05) is 23.4 Å². The number of aromatic nitrogens is 3. The quantitative estimate of drug-likeness (QED) is 0.529. The molecule has 2 N–H and O–H groups in total. The molecular weight excluding hydrogens is 332 g/mol. The highest BCUT2D eigenvalue weighted by Crippen LogP contribution is 2.26. The largest absolute Gasteiger partial charge is 0.398 e. The Morgan fingerprint density at radius 1 is 0.963 bits per heavy atom. The molecule has 2 aromatic heterocycles. The minimum atomic E-state index is 0.764. The maximum atomic E-state index is 6.11. The van der Waals surface area contributed by atoms with Gasteiger partial charge in [-0.25, -0.2) is 9.97 Å². The second-order valence-electron chi connectivity index (χ2n) is 7.00. The average Bonchev–Trinajstić information content (AvgIpc) is 3.01. The fraction of sp³-hybridized carbons (Fsp3) is 0.217. The zero-order valence-electron chi connectivity index (χ0n) is 16.0. The maximum absolute atomic E-state index is 6.11. The summed E-state index contributed by atoms with van der Waals surface area (Å²) in [5.74, 6) is 1.07. The van der Waals surface area contributed by atoms with Crippen molar-refractivity contribution in [2.24, 2.45) is 0 Å². The molecule has 0 spiro atoms. The van der Waals surface area contributed by atoms with Gasteiger partial charge >= 0.3 is 0 Å². The zero-order valence-corrected chi connectivity index (χ0v) is 16.0. The molecule has 4 heteroatoms. The molecule has 0 unspecified atom stereocenters. The average molecular weight is 356 g/mol. The molecule has 0 radical (unpaired) electrons. The molecule has 2 aromatic carbocycles. The summed E-state index contributed by atoms with van der Waals surface area (Å²) in [6.45, 7) is 7.04. The number of nitrogens with two attached hydrogens (primary N) is 1. The topological polar surface area (TPSA) is 56.7 Å². The van der Waals surface area contributed by atoms with E-state index in [0.29, 0.717) is 0 Å². The zero-order chi connectivity index (χ0) is 19.0. The molecule has 0 aliphatic rings. The predicted octanol–water partition coefficient (Wildman–Crippen LogP) is 4.91. The van der Waals surface area contributed by atoms with Crippen LogP contribution in [0.3, 0.4) is 0 Å².